The van der Waals surface area contributed by atoms with E-state index in [2.05, 4.69) is 22.5 Å². The molecule has 1 N–H and O–H groups in total. The number of carbonyl (C=O) groups is 1. The van der Waals surface area contributed by atoms with E-state index in [0.29, 0.717) is 12.2 Å². The Hall–Kier alpha value is -2.95. The van der Waals surface area contributed by atoms with Crippen LogP contribution in [0, 0.1) is 5.82 Å². The molecule has 0 saturated heterocycles. The molecule has 1 aromatic heterocycles. The number of benzene rings is 2. The fourth-order valence-electron chi connectivity index (χ4n) is 3.63. The van der Waals surface area contributed by atoms with E-state index in [0.717, 1.165) is 49.0 Å². The van der Waals surface area contributed by atoms with Crippen LogP contribution in [-0.4, -0.2) is 22.2 Å². The number of fused-ring (bicyclic) bond motifs is 1. The van der Waals surface area contributed by atoms with E-state index in [-0.39, 0.29) is 11.7 Å². The molecule has 1 heterocycles. The van der Waals surface area contributed by atoms with Gasteiger partial charge in [0, 0.05) is 17.8 Å². The Labute approximate surface area is 158 Å². The van der Waals surface area contributed by atoms with Crippen LogP contribution < -0.4 is 5.32 Å². The molecule has 0 atom stereocenters. The van der Waals surface area contributed by atoms with Crippen LogP contribution in [0.5, 0.6) is 0 Å². The van der Waals surface area contributed by atoms with Crippen molar-refractivity contribution in [3.63, 3.8) is 0 Å². The van der Waals surface area contributed by atoms with E-state index in [4.69, 9.17) is 0 Å². The summed E-state index contributed by atoms with van der Waals surface area (Å²) in [6.07, 6.45) is 4.67. The molecule has 0 radical (unpaired) electrons. The fourth-order valence-corrected chi connectivity index (χ4v) is 3.63. The summed E-state index contributed by atoms with van der Waals surface area (Å²) in [7, 11) is 0. The third-order valence-electron chi connectivity index (χ3n) is 5.01. The summed E-state index contributed by atoms with van der Waals surface area (Å²) in [5.74, 6) is -0.413. The van der Waals surface area contributed by atoms with E-state index in [1.165, 1.54) is 17.7 Å². The topological polar surface area (TPSA) is 46.9 Å². The number of nitrogens with one attached hydrogen (secondary N) is 1. The van der Waals surface area contributed by atoms with Gasteiger partial charge in [0.05, 0.1) is 5.69 Å². The highest BCUT2D eigenvalue weighted by Crippen LogP contribution is 2.27. The smallest absolute Gasteiger partial charge is 0.272 e. The second kappa shape index (κ2) is 7.74. The Bertz CT molecular complexity index is 932. The highest BCUT2D eigenvalue weighted by Gasteiger charge is 2.25. The first-order valence-electron chi connectivity index (χ1n) is 9.41. The highest BCUT2D eigenvalue weighted by atomic mass is 19.1. The summed E-state index contributed by atoms with van der Waals surface area (Å²) in [5, 5.41) is 7.60. The molecule has 0 spiro atoms. The summed E-state index contributed by atoms with van der Waals surface area (Å²) in [6.45, 7) is 0.570. The van der Waals surface area contributed by atoms with E-state index in [1.807, 2.05) is 18.2 Å². The van der Waals surface area contributed by atoms with Gasteiger partial charge in [0.2, 0.25) is 0 Å². The fraction of sp³-hybridized carbons (Fsp3) is 0.273. The number of nitrogens with zero attached hydrogens (tertiary/aromatic N) is 2. The van der Waals surface area contributed by atoms with Crippen LogP contribution in [0.2, 0.25) is 0 Å². The van der Waals surface area contributed by atoms with Gasteiger partial charge in [-0.15, -0.1) is 0 Å². The first kappa shape index (κ1) is 17.5. The Kier molecular flexibility index (Phi) is 5.01. The maximum absolute atomic E-state index is 13.3. The van der Waals surface area contributed by atoms with Crippen molar-refractivity contribution in [3.8, 4) is 5.69 Å². The average molecular weight is 363 g/mol. The first-order chi connectivity index (χ1) is 13.2. The Morgan fingerprint density at radius 2 is 1.78 bits per heavy atom. The molecule has 1 aliphatic rings. The zero-order valence-corrected chi connectivity index (χ0v) is 15.1. The summed E-state index contributed by atoms with van der Waals surface area (Å²) in [5.41, 5.74) is 4.58. The minimum atomic E-state index is -0.279. The van der Waals surface area contributed by atoms with Gasteiger partial charge in [-0.3, -0.25) is 4.79 Å². The third kappa shape index (κ3) is 3.77. The normalized spacial score (nSPS) is 13.2. The molecule has 3 aromatic rings. The van der Waals surface area contributed by atoms with Gasteiger partial charge in [0.15, 0.2) is 5.69 Å². The maximum Gasteiger partial charge on any atom is 0.272 e. The Balaban J connectivity index is 1.55. The number of aromatic nitrogens is 2. The molecule has 4 nitrogen and oxygen atoms in total. The minimum absolute atomic E-state index is 0.134. The van der Waals surface area contributed by atoms with Crippen LogP contribution in [0.25, 0.3) is 5.69 Å². The van der Waals surface area contributed by atoms with Gasteiger partial charge in [-0.1, -0.05) is 30.3 Å². The van der Waals surface area contributed by atoms with Crippen molar-refractivity contribution in [1.29, 1.82) is 0 Å². The number of hydrogen-bond acceptors (Lipinski definition) is 2. The zero-order valence-electron chi connectivity index (χ0n) is 15.1. The van der Waals surface area contributed by atoms with Gasteiger partial charge >= 0.3 is 0 Å². The third-order valence-corrected chi connectivity index (χ3v) is 5.01. The molecule has 0 fully saturated rings. The summed E-state index contributed by atoms with van der Waals surface area (Å²) in [4.78, 5) is 12.8. The lowest BCUT2D eigenvalue weighted by Gasteiger charge is -2.14. The number of carbonyl (C=O) groups excluding carboxylic acids is 1. The summed E-state index contributed by atoms with van der Waals surface area (Å²) < 4.78 is 15.1. The number of halogens is 1. The maximum atomic E-state index is 13.3. The van der Waals surface area contributed by atoms with Crippen LogP contribution >= 0.6 is 0 Å². The lowest BCUT2D eigenvalue weighted by Crippen LogP contribution is -2.27. The van der Waals surface area contributed by atoms with Gasteiger partial charge in [-0.2, -0.15) is 5.10 Å². The van der Waals surface area contributed by atoms with E-state index < -0.39 is 0 Å². The molecule has 0 aliphatic heterocycles. The molecule has 4 rings (SSSR count). The van der Waals surface area contributed by atoms with Crippen LogP contribution in [0.1, 0.15) is 40.2 Å². The van der Waals surface area contributed by atoms with Gasteiger partial charge in [0.1, 0.15) is 5.82 Å². The molecule has 0 bridgehead atoms. The predicted molar refractivity (Wildman–Crippen MR) is 103 cm³/mol. The monoisotopic (exact) mass is 363 g/mol. The van der Waals surface area contributed by atoms with Crippen molar-refractivity contribution in [2.45, 2.75) is 32.1 Å². The molecule has 0 saturated carbocycles. The van der Waals surface area contributed by atoms with Crippen LogP contribution in [0.3, 0.4) is 0 Å². The van der Waals surface area contributed by atoms with Gasteiger partial charge < -0.3 is 5.32 Å². The van der Waals surface area contributed by atoms with Crippen LogP contribution in [0.4, 0.5) is 4.39 Å². The van der Waals surface area contributed by atoms with Crippen LogP contribution in [0.15, 0.2) is 54.6 Å². The molecule has 1 aliphatic carbocycles. The summed E-state index contributed by atoms with van der Waals surface area (Å²) >= 11 is 0. The lowest BCUT2D eigenvalue weighted by atomic mass is 9.95. The zero-order chi connectivity index (χ0) is 18.6. The van der Waals surface area contributed by atoms with Crippen molar-refractivity contribution in [2.24, 2.45) is 0 Å². The first-order valence-corrected chi connectivity index (χ1v) is 9.41. The summed E-state index contributed by atoms with van der Waals surface area (Å²) in [6, 6.07) is 16.3. The molecule has 1 amide bonds. The number of rotatable bonds is 5. The largest absolute Gasteiger partial charge is 0.350 e. The van der Waals surface area contributed by atoms with E-state index in [9.17, 15) is 9.18 Å². The van der Waals surface area contributed by atoms with Gasteiger partial charge in [-0.05, 0) is 61.9 Å². The SMILES string of the molecule is O=C(NCCc1ccccc1)c1nn(-c2ccc(F)cc2)c2c1CCCC2. The van der Waals surface area contributed by atoms with Gasteiger partial charge in [-0.25, -0.2) is 9.07 Å². The number of amides is 1. The highest BCUT2D eigenvalue weighted by molar-refractivity contribution is 5.94. The minimum Gasteiger partial charge on any atom is -0.350 e. The Morgan fingerprint density at radius 1 is 1.04 bits per heavy atom. The number of hydrogen-bond donors (Lipinski definition) is 1. The Morgan fingerprint density at radius 3 is 2.56 bits per heavy atom. The van der Waals surface area contributed by atoms with Crippen molar-refractivity contribution in [2.75, 3.05) is 6.54 Å². The van der Waals surface area contributed by atoms with Crippen molar-refractivity contribution in [1.82, 2.24) is 15.1 Å². The predicted octanol–water partition coefficient (Wildman–Crippen LogP) is 3.86. The lowest BCUT2D eigenvalue weighted by molar-refractivity contribution is 0.0947. The standard InChI is InChI=1S/C22H22FN3O/c23-17-10-12-18(13-11-17)26-20-9-5-4-8-19(20)21(25-26)22(27)24-15-14-16-6-2-1-3-7-16/h1-3,6-7,10-13H,4-5,8-9,14-15H2,(H,24,27). The van der Waals surface area contributed by atoms with Crippen molar-refractivity contribution < 1.29 is 9.18 Å². The van der Waals surface area contributed by atoms with Crippen molar-refractivity contribution >= 4 is 5.91 Å². The molecule has 5 heteroatoms. The molecule has 2 aromatic carbocycles. The molecular formula is C22H22FN3O. The molecule has 138 valence electrons. The van der Waals surface area contributed by atoms with Crippen LogP contribution in [-0.2, 0) is 19.3 Å². The van der Waals surface area contributed by atoms with E-state index >= 15 is 0 Å². The van der Waals surface area contributed by atoms with Crippen molar-refractivity contribution in [3.05, 3.63) is 82.9 Å². The second-order valence-electron chi connectivity index (χ2n) is 6.86. The molecule has 0 unspecified atom stereocenters. The molecule has 27 heavy (non-hydrogen) atoms. The molecular weight excluding hydrogens is 341 g/mol. The second-order valence-corrected chi connectivity index (χ2v) is 6.86. The van der Waals surface area contributed by atoms with E-state index in [1.54, 1.807) is 16.8 Å². The quantitative estimate of drug-likeness (QED) is 0.748. The average Bonchev–Trinajstić information content (AvgIpc) is 3.09. The van der Waals surface area contributed by atoms with Gasteiger partial charge in [0.25, 0.3) is 5.91 Å².